The van der Waals surface area contributed by atoms with Crippen molar-refractivity contribution in [3.8, 4) is 11.3 Å². The van der Waals surface area contributed by atoms with Crippen molar-refractivity contribution in [1.82, 2.24) is 14.9 Å². The fraction of sp³-hybridized carbons (Fsp3) is 0.227. The number of hydrogen-bond acceptors (Lipinski definition) is 5. The first-order chi connectivity index (χ1) is 13.7. The SMILES string of the molecule is Cc1nc2ccc(-c3cc(C(=O)N4CCOCC4)c4ccccc4n3)cc2o1. The second-order valence-electron chi connectivity index (χ2n) is 6.89. The lowest BCUT2D eigenvalue weighted by Gasteiger charge is -2.27. The van der Waals surface area contributed by atoms with Crippen LogP contribution in [0.15, 0.2) is 52.9 Å². The van der Waals surface area contributed by atoms with E-state index in [1.807, 2.05) is 60.4 Å². The van der Waals surface area contributed by atoms with Gasteiger partial charge in [-0.05, 0) is 24.3 Å². The number of carbonyl (C=O) groups excluding carboxylic acids is 1. The molecular weight excluding hydrogens is 354 g/mol. The fourth-order valence-electron chi connectivity index (χ4n) is 3.64. The van der Waals surface area contributed by atoms with Gasteiger partial charge >= 0.3 is 0 Å². The summed E-state index contributed by atoms with van der Waals surface area (Å²) >= 11 is 0. The van der Waals surface area contributed by atoms with E-state index in [1.165, 1.54) is 0 Å². The number of fused-ring (bicyclic) bond motifs is 2. The molecule has 0 aliphatic carbocycles. The van der Waals surface area contributed by atoms with Gasteiger partial charge in [0, 0.05) is 31.0 Å². The Morgan fingerprint density at radius 1 is 1.00 bits per heavy atom. The van der Waals surface area contributed by atoms with E-state index in [-0.39, 0.29) is 5.91 Å². The van der Waals surface area contributed by atoms with E-state index in [0.717, 1.165) is 27.7 Å². The van der Waals surface area contributed by atoms with Crippen LogP contribution in [0.3, 0.4) is 0 Å². The van der Waals surface area contributed by atoms with E-state index in [2.05, 4.69) is 4.98 Å². The van der Waals surface area contributed by atoms with Crippen molar-refractivity contribution in [2.75, 3.05) is 26.3 Å². The number of amides is 1. The Labute approximate surface area is 161 Å². The summed E-state index contributed by atoms with van der Waals surface area (Å²) in [5, 5.41) is 0.860. The molecule has 0 spiro atoms. The van der Waals surface area contributed by atoms with Gasteiger partial charge in [-0.3, -0.25) is 4.79 Å². The molecule has 1 amide bonds. The van der Waals surface area contributed by atoms with E-state index in [9.17, 15) is 4.79 Å². The number of benzene rings is 2. The number of ether oxygens (including phenoxy) is 1. The van der Waals surface area contributed by atoms with Crippen LogP contribution in [-0.2, 0) is 4.74 Å². The zero-order valence-corrected chi connectivity index (χ0v) is 15.5. The van der Waals surface area contributed by atoms with E-state index >= 15 is 0 Å². The third-order valence-corrected chi connectivity index (χ3v) is 5.04. The molecule has 2 aromatic heterocycles. The number of rotatable bonds is 2. The predicted octanol–water partition coefficient (Wildman–Crippen LogP) is 3.82. The molecule has 1 aliphatic heterocycles. The second kappa shape index (κ2) is 6.73. The molecule has 140 valence electrons. The molecule has 1 aliphatic rings. The van der Waals surface area contributed by atoms with Gasteiger partial charge in [-0.25, -0.2) is 9.97 Å². The van der Waals surface area contributed by atoms with Crippen LogP contribution < -0.4 is 0 Å². The molecule has 0 saturated carbocycles. The molecule has 6 heteroatoms. The molecule has 2 aromatic carbocycles. The van der Waals surface area contributed by atoms with Gasteiger partial charge in [0.15, 0.2) is 11.5 Å². The fourth-order valence-corrected chi connectivity index (χ4v) is 3.64. The van der Waals surface area contributed by atoms with Gasteiger partial charge in [0.2, 0.25) is 0 Å². The monoisotopic (exact) mass is 373 g/mol. The highest BCUT2D eigenvalue weighted by atomic mass is 16.5. The zero-order valence-electron chi connectivity index (χ0n) is 15.5. The third kappa shape index (κ3) is 2.92. The Hall–Kier alpha value is -3.25. The quantitative estimate of drug-likeness (QED) is 0.534. The number of oxazole rings is 1. The van der Waals surface area contributed by atoms with Crippen molar-refractivity contribution in [3.05, 3.63) is 60.0 Å². The number of aromatic nitrogens is 2. The highest BCUT2D eigenvalue weighted by Gasteiger charge is 2.22. The van der Waals surface area contributed by atoms with Gasteiger partial charge in [0.25, 0.3) is 5.91 Å². The van der Waals surface area contributed by atoms with Gasteiger partial charge in [0.1, 0.15) is 5.52 Å². The first kappa shape index (κ1) is 16.9. The molecule has 6 nitrogen and oxygen atoms in total. The number of carbonyl (C=O) groups is 1. The summed E-state index contributed by atoms with van der Waals surface area (Å²) in [4.78, 5) is 24.2. The Bertz CT molecular complexity index is 1190. The Morgan fingerprint density at radius 3 is 2.68 bits per heavy atom. The molecule has 0 unspecified atom stereocenters. The summed E-state index contributed by atoms with van der Waals surface area (Å²) in [6.45, 7) is 4.18. The van der Waals surface area contributed by atoms with E-state index < -0.39 is 0 Å². The minimum Gasteiger partial charge on any atom is -0.441 e. The van der Waals surface area contributed by atoms with Gasteiger partial charge < -0.3 is 14.1 Å². The highest BCUT2D eigenvalue weighted by molar-refractivity contribution is 6.07. The number of hydrogen-bond donors (Lipinski definition) is 0. The minimum atomic E-state index is 0.0136. The largest absolute Gasteiger partial charge is 0.441 e. The first-order valence-corrected chi connectivity index (χ1v) is 9.33. The Balaban J connectivity index is 1.65. The van der Waals surface area contributed by atoms with Crippen molar-refractivity contribution in [2.24, 2.45) is 0 Å². The maximum Gasteiger partial charge on any atom is 0.254 e. The number of para-hydroxylation sites is 1. The van der Waals surface area contributed by atoms with Crippen LogP contribution in [0.5, 0.6) is 0 Å². The van der Waals surface area contributed by atoms with Crippen LogP contribution >= 0.6 is 0 Å². The van der Waals surface area contributed by atoms with Crippen LogP contribution in [0, 0.1) is 6.92 Å². The summed E-state index contributed by atoms with van der Waals surface area (Å²) in [5.74, 6) is 0.640. The summed E-state index contributed by atoms with van der Waals surface area (Å²) in [7, 11) is 0. The molecule has 4 aromatic rings. The lowest BCUT2D eigenvalue weighted by atomic mass is 10.0. The zero-order chi connectivity index (χ0) is 19.1. The minimum absolute atomic E-state index is 0.0136. The maximum absolute atomic E-state index is 13.2. The van der Waals surface area contributed by atoms with Crippen molar-refractivity contribution in [1.29, 1.82) is 0 Å². The third-order valence-electron chi connectivity index (χ3n) is 5.04. The van der Waals surface area contributed by atoms with Gasteiger partial charge in [-0.2, -0.15) is 0 Å². The number of aryl methyl sites for hydroxylation is 1. The molecule has 1 fully saturated rings. The molecule has 0 bridgehead atoms. The molecule has 1 saturated heterocycles. The molecule has 5 rings (SSSR count). The summed E-state index contributed by atoms with van der Waals surface area (Å²) in [6, 6.07) is 15.4. The predicted molar refractivity (Wildman–Crippen MR) is 106 cm³/mol. The van der Waals surface area contributed by atoms with Gasteiger partial charge in [0.05, 0.1) is 30.0 Å². The van der Waals surface area contributed by atoms with Crippen LogP contribution in [0.2, 0.25) is 0 Å². The number of morpholine rings is 1. The average Bonchev–Trinajstić information content (AvgIpc) is 3.12. The lowest BCUT2D eigenvalue weighted by molar-refractivity contribution is 0.0304. The van der Waals surface area contributed by atoms with E-state index in [4.69, 9.17) is 14.1 Å². The standard InChI is InChI=1S/C22H19N3O3/c1-14-23-19-7-6-15(12-21(19)28-14)20-13-17(16-4-2-3-5-18(16)24-20)22(26)25-8-10-27-11-9-25/h2-7,12-13H,8-11H2,1H3. The van der Waals surface area contributed by atoms with Crippen LogP contribution in [0.25, 0.3) is 33.3 Å². The number of nitrogens with zero attached hydrogens (tertiary/aromatic N) is 3. The molecular formula is C22H19N3O3. The topological polar surface area (TPSA) is 68.5 Å². The summed E-state index contributed by atoms with van der Waals surface area (Å²) in [6.07, 6.45) is 0. The van der Waals surface area contributed by atoms with E-state index in [1.54, 1.807) is 0 Å². The normalized spacial score (nSPS) is 14.7. The van der Waals surface area contributed by atoms with Crippen LogP contribution in [-0.4, -0.2) is 47.1 Å². The maximum atomic E-state index is 13.2. The van der Waals surface area contributed by atoms with Crippen LogP contribution in [0.4, 0.5) is 0 Å². The summed E-state index contributed by atoms with van der Waals surface area (Å²) in [5.41, 5.74) is 4.62. The molecule has 3 heterocycles. The first-order valence-electron chi connectivity index (χ1n) is 9.33. The highest BCUT2D eigenvalue weighted by Crippen LogP contribution is 2.28. The van der Waals surface area contributed by atoms with Gasteiger partial charge in [-0.1, -0.05) is 24.3 Å². The molecule has 0 atom stereocenters. The summed E-state index contributed by atoms with van der Waals surface area (Å²) < 4.78 is 11.0. The van der Waals surface area contributed by atoms with Crippen molar-refractivity contribution < 1.29 is 13.9 Å². The van der Waals surface area contributed by atoms with Crippen molar-refractivity contribution in [3.63, 3.8) is 0 Å². The molecule has 0 radical (unpaired) electrons. The van der Waals surface area contributed by atoms with E-state index in [0.29, 0.717) is 43.3 Å². The number of pyridine rings is 1. The lowest BCUT2D eigenvalue weighted by Crippen LogP contribution is -2.40. The smallest absolute Gasteiger partial charge is 0.254 e. The van der Waals surface area contributed by atoms with Crippen LogP contribution in [0.1, 0.15) is 16.2 Å². The molecule has 28 heavy (non-hydrogen) atoms. The average molecular weight is 373 g/mol. The van der Waals surface area contributed by atoms with Gasteiger partial charge in [-0.15, -0.1) is 0 Å². The Kier molecular flexibility index (Phi) is 4.06. The Morgan fingerprint density at radius 2 is 1.82 bits per heavy atom. The van der Waals surface area contributed by atoms with Crippen molar-refractivity contribution in [2.45, 2.75) is 6.92 Å². The second-order valence-corrected chi connectivity index (χ2v) is 6.89. The molecule has 0 N–H and O–H groups in total. The van der Waals surface area contributed by atoms with Crippen molar-refractivity contribution >= 4 is 27.9 Å².